The zero-order valence-corrected chi connectivity index (χ0v) is 11.1. The number of carbonyl (C=O) groups is 1. The maximum atomic E-state index is 10.8. The van der Waals surface area contributed by atoms with Crippen molar-refractivity contribution in [3.63, 3.8) is 0 Å². The average molecular weight is 213 g/mol. The molecular weight excluding hydrogens is 197 g/mol. The van der Waals surface area contributed by atoms with E-state index < -0.39 is 16.9 Å². The van der Waals surface area contributed by atoms with Crippen LogP contribution in [-0.4, -0.2) is 24.0 Å². The van der Waals surface area contributed by atoms with Crippen LogP contribution >= 0.6 is 0 Å². The molecule has 0 unspecified atom stereocenters. The molecule has 0 saturated carbocycles. The molecule has 0 aliphatic carbocycles. The Labute approximate surface area is 107 Å². The third-order valence-electron chi connectivity index (χ3n) is 1.67. The summed E-state index contributed by atoms with van der Waals surface area (Å²) in [6.45, 7) is 3.77. The van der Waals surface area contributed by atoms with Crippen LogP contribution in [0.1, 0.15) is 28.1 Å². The molecule has 14 heavy (non-hydrogen) atoms. The largest absolute Gasteiger partial charge is 1.00 e. The predicted octanol–water partition coefficient (Wildman–Crippen LogP) is -1.64. The first-order valence-electron chi connectivity index (χ1n) is 4.17. The number of rotatable bonds is 5. The smallest absolute Gasteiger partial charge is 1.00 e. The van der Waals surface area contributed by atoms with Gasteiger partial charge in [-0.05, 0) is 5.92 Å². The summed E-state index contributed by atoms with van der Waals surface area (Å²) >= 11 is 0. The predicted molar refractivity (Wildman–Crippen MR) is 48.0 cm³/mol. The first-order chi connectivity index (χ1) is 5.97. The summed E-state index contributed by atoms with van der Waals surface area (Å²) in [5, 5.41) is 10.5. The summed E-state index contributed by atoms with van der Waals surface area (Å²) in [5.74, 6) is -0.317. The maximum absolute atomic E-state index is 10.8. The maximum Gasteiger partial charge on any atom is 1.00 e. The van der Waals surface area contributed by atoms with Crippen LogP contribution in [-0.2, 0) is 9.53 Å². The van der Waals surface area contributed by atoms with Gasteiger partial charge < -0.3 is 6.16 Å². The Balaban J connectivity index is -0.000000720. The number of esters is 1. The van der Waals surface area contributed by atoms with Crippen molar-refractivity contribution < 1.29 is 45.4 Å². The molecule has 78 valence electrons. The van der Waals surface area contributed by atoms with Gasteiger partial charge in [-0.25, -0.2) is 0 Å². The van der Waals surface area contributed by atoms with E-state index in [2.05, 4.69) is 4.74 Å². The Morgan fingerprint density at radius 2 is 2.07 bits per heavy atom. The van der Waals surface area contributed by atoms with Crippen molar-refractivity contribution in [2.24, 2.45) is 5.92 Å². The van der Waals surface area contributed by atoms with E-state index in [0.29, 0.717) is 6.42 Å². The molecule has 0 fully saturated rings. The molecular formula is C8H16NNaO4. The summed E-state index contributed by atoms with van der Waals surface area (Å²) < 4.78 is 4.37. The minimum atomic E-state index is -0.813. The molecule has 0 aromatic rings. The molecule has 6 heteroatoms. The topological polar surface area (TPSA) is 69.4 Å². The van der Waals surface area contributed by atoms with Crippen LogP contribution in [0.2, 0.25) is 0 Å². The zero-order chi connectivity index (χ0) is 10.4. The van der Waals surface area contributed by atoms with Crippen LogP contribution in [0.4, 0.5) is 0 Å². The molecule has 0 amide bonds. The molecule has 0 radical (unpaired) electrons. The summed E-state index contributed by atoms with van der Waals surface area (Å²) in [4.78, 5) is 20.8. The average Bonchev–Trinajstić information content (AvgIpc) is 2.02. The van der Waals surface area contributed by atoms with Crippen molar-refractivity contribution in [3.05, 3.63) is 10.1 Å². The number of hydrogen-bond acceptors (Lipinski definition) is 4. The number of methoxy groups -OCH3 is 1. The second-order valence-electron chi connectivity index (χ2n) is 3.35. The van der Waals surface area contributed by atoms with Crippen molar-refractivity contribution in [1.82, 2.24) is 0 Å². The first kappa shape index (κ1) is 16.3. The standard InChI is InChI=1S/C8H15NO4.Na.H/c1-6(2)4-7(9(11)12)5-8(10)13-3;;/h6-7H,4-5H2,1-3H3;;/q;+1;-1/t7-;;/m1../s1. The summed E-state index contributed by atoms with van der Waals surface area (Å²) in [6, 6.07) is -0.813. The Hall–Kier alpha value is -0.130. The third-order valence-corrected chi connectivity index (χ3v) is 1.67. The van der Waals surface area contributed by atoms with Gasteiger partial charge in [0, 0.05) is 11.3 Å². The number of hydrogen-bond donors (Lipinski definition) is 0. The van der Waals surface area contributed by atoms with Gasteiger partial charge >= 0.3 is 35.5 Å². The second kappa shape index (κ2) is 8.20. The van der Waals surface area contributed by atoms with Gasteiger partial charge in [-0.2, -0.15) is 0 Å². The summed E-state index contributed by atoms with van der Waals surface area (Å²) in [7, 11) is 1.23. The van der Waals surface area contributed by atoms with Gasteiger partial charge in [-0.3, -0.25) is 14.9 Å². The van der Waals surface area contributed by atoms with Gasteiger partial charge in [0.2, 0.25) is 6.04 Å². The van der Waals surface area contributed by atoms with Crippen LogP contribution < -0.4 is 29.6 Å². The normalized spacial score (nSPS) is 11.7. The Morgan fingerprint density at radius 1 is 1.57 bits per heavy atom. The summed E-state index contributed by atoms with van der Waals surface area (Å²) in [6.07, 6.45) is 0.268. The van der Waals surface area contributed by atoms with Crippen LogP contribution in [0.5, 0.6) is 0 Å². The van der Waals surface area contributed by atoms with Crippen LogP contribution in [0.3, 0.4) is 0 Å². The van der Waals surface area contributed by atoms with E-state index in [1.54, 1.807) is 0 Å². The fourth-order valence-corrected chi connectivity index (χ4v) is 1.06. The monoisotopic (exact) mass is 213 g/mol. The molecule has 0 spiro atoms. The minimum Gasteiger partial charge on any atom is -1.00 e. The van der Waals surface area contributed by atoms with Crippen molar-refractivity contribution in [2.45, 2.75) is 32.7 Å². The fourth-order valence-electron chi connectivity index (χ4n) is 1.06. The van der Waals surface area contributed by atoms with E-state index in [0.717, 1.165) is 0 Å². The van der Waals surface area contributed by atoms with Crippen LogP contribution in [0.25, 0.3) is 0 Å². The van der Waals surface area contributed by atoms with E-state index in [4.69, 9.17) is 0 Å². The Bertz CT molecular complexity index is 201. The van der Waals surface area contributed by atoms with Gasteiger partial charge in [-0.1, -0.05) is 13.8 Å². The van der Waals surface area contributed by atoms with E-state index in [1.807, 2.05) is 13.8 Å². The molecule has 0 aliphatic rings. The molecule has 5 nitrogen and oxygen atoms in total. The fraction of sp³-hybridized carbons (Fsp3) is 0.875. The van der Waals surface area contributed by atoms with Crippen LogP contribution in [0.15, 0.2) is 0 Å². The SMILES string of the molecule is COC(=O)C[C@@H](CC(C)C)[N+](=O)[O-].[H-].[Na+]. The Kier molecular flexibility index (Phi) is 9.55. The first-order valence-corrected chi connectivity index (χ1v) is 4.17. The molecule has 0 rings (SSSR count). The zero-order valence-electron chi connectivity index (χ0n) is 10.1. The van der Waals surface area contributed by atoms with E-state index in [1.165, 1.54) is 7.11 Å². The number of nitrogens with zero attached hydrogens (tertiary/aromatic N) is 1. The van der Waals surface area contributed by atoms with Gasteiger partial charge in [0.1, 0.15) is 6.42 Å². The van der Waals surface area contributed by atoms with E-state index in [9.17, 15) is 14.9 Å². The van der Waals surface area contributed by atoms with Gasteiger partial charge in [0.25, 0.3) is 0 Å². The van der Waals surface area contributed by atoms with Crippen molar-refractivity contribution in [2.75, 3.05) is 7.11 Å². The minimum absolute atomic E-state index is 0. The third kappa shape index (κ3) is 7.29. The van der Waals surface area contributed by atoms with Crippen molar-refractivity contribution in [1.29, 1.82) is 0 Å². The molecule has 0 aromatic carbocycles. The Morgan fingerprint density at radius 3 is 2.36 bits per heavy atom. The molecule has 1 atom stereocenters. The van der Waals surface area contributed by atoms with Gasteiger partial charge in [0.05, 0.1) is 7.11 Å². The van der Waals surface area contributed by atoms with Crippen molar-refractivity contribution >= 4 is 5.97 Å². The van der Waals surface area contributed by atoms with Gasteiger partial charge in [-0.15, -0.1) is 0 Å². The van der Waals surface area contributed by atoms with Gasteiger partial charge in [0.15, 0.2) is 0 Å². The molecule has 0 aromatic heterocycles. The molecule has 0 heterocycles. The van der Waals surface area contributed by atoms with Crippen molar-refractivity contribution in [3.8, 4) is 0 Å². The molecule has 0 aliphatic heterocycles. The number of carbonyl (C=O) groups excluding carboxylic acids is 1. The number of nitro groups is 1. The van der Waals surface area contributed by atoms with E-state index >= 15 is 0 Å². The molecule has 0 N–H and O–H groups in total. The summed E-state index contributed by atoms with van der Waals surface area (Å²) in [5.41, 5.74) is 0. The molecule has 0 bridgehead atoms. The van der Waals surface area contributed by atoms with E-state index in [-0.39, 0.29) is 43.3 Å². The van der Waals surface area contributed by atoms with Crippen LogP contribution in [0, 0.1) is 16.0 Å². The quantitative estimate of drug-likeness (QED) is 0.238. The second-order valence-corrected chi connectivity index (χ2v) is 3.35. The number of ether oxygens (including phenoxy) is 1. The molecule has 0 saturated heterocycles.